The van der Waals surface area contributed by atoms with Gasteiger partial charge in [-0.05, 0) is 29.5 Å². The Morgan fingerprint density at radius 2 is 1.80 bits per heavy atom. The molecule has 0 aliphatic heterocycles. The molecule has 102 valence electrons. The highest BCUT2D eigenvalue weighted by Gasteiger charge is 2.43. The van der Waals surface area contributed by atoms with Crippen molar-refractivity contribution in [3.05, 3.63) is 65.7 Å². The first-order valence-electron chi connectivity index (χ1n) is 6.92. The molecular weight excluding hydrogens is 248 g/mol. The monoisotopic (exact) mass is 266 g/mol. The van der Waals surface area contributed by atoms with Crippen LogP contribution >= 0.6 is 0 Å². The predicted molar refractivity (Wildman–Crippen MR) is 80.0 cm³/mol. The highest BCUT2D eigenvalue weighted by Crippen LogP contribution is 2.47. The topological polar surface area (TPSA) is 55.1 Å². The first-order chi connectivity index (χ1) is 9.75. The molecule has 1 fully saturated rings. The summed E-state index contributed by atoms with van der Waals surface area (Å²) < 4.78 is 0. The molecule has 1 amide bonds. The Kier molecular flexibility index (Phi) is 3.42. The smallest absolute Gasteiger partial charge is 0.224 e. The Morgan fingerprint density at radius 1 is 1.10 bits per heavy atom. The van der Waals surface area contributed by atoms with Crippen LogP contribution in [0.15, 0.2) is 54.6 Å². The van der Waals surface area contributed by atoms with E-state index in [4.69, 9.17) is 5.73 Å². The second kappa shape index (κ2) is 5.37. The summed E-state index contributed by atoms with van der Waals surface area (Å²) in [4.78, 5) is 12.1. The molecule has 3 nitrogen and oxygen atoms in total. The summed E-state index contributed by atoms with van der Waals surface area (Å²) in [6.07, 6.45) is 0.945. The number of benzene rings is 2. The lowest BCUT2D eigenvalue weighted by Gasteiger charge is -2.07. The zero-order chi connectivity index (χ0) is 13.9. The van der Waals surface area contributed by atoms with E-state index in [2.05, 4.69) is 17.4 Å². The van der Waals surface area contributed by atoms with Gasteiger partial charge in [0.15, 0.2) is 0 Å². The summed E-state index contributed by atoms with van der Waals surface area (Å²) in [5.41, 5.74) is 8.82. The molecule has 0 heterocycles. The van der Waals surface area contributed by atoms with Gasteiger partial charge in [0.1, 0.15) is 0 Å². The molecule has 20 heavy (non-hydrogen) atoms. The van der Waals surface area contributed by atoms with Crippen molar-refractivity contribution in [2.24, 2.45) is 5.92 Å². The summed E-state index contributed by atoms with van der Waals surface area (Å²) in [6, 6.07) is 17.8. The van der Waals surface area contributed by atoms with Crippen LogP contribution in [0.3, 0.4) is 0 Å². The lowest BCUT2D eigenvalue weighted by molar-refractivity contribution is -0.122. The minimum Gasteiger partial charge on any atom is -0.398 e. The van der Waals surface area contributed by atoms with Crippen LogP contribution in [0.2, 0.25) is 0 Å². The van der Waals surface area contributed by atoms with Crippen LogP contribution in [0.1, 0.15) is 23.5 Å². The van der Waals surface area contributed by atoms with Gasteiger partial charge in [0.25, 0.3) is 0 Å². The van der Waals surface area contributed by atoms with Crippen molar-refractivity contribution in [3.8, 4) is 0 Å². The van der Waals surface area contributed by atoms with Crippen LogP contribution in [0.4, 0.5) is 5.69 Å². The van der Waals surface area contributed by atoms with Gasteiger partial charge in [0.2, 0.25) is 5.91 Å². The number of rotatable bonds is 4. The van der Waals surface area contributed by atoms with Gasteiger partial charge < -0.3 is 11.1 Å². The molecule has 3 rings (SSSR count). The van der Waals surface area contributed by atoms with E-state index in [1.807, 2.05) is 42.5 Å². The van der Waals surface area contributed by atoms with Gasteiger partial charge >= 0.3 is 0 Å². The zero-order valence-electron chi connectivity index (χ0n) is 11.3. The first kappa shape index (κ1) is 12.7. The summed E-state index contributed by atoms with van der Waals surface area (Å²) in [5, 5.41) is 2.98. The van der Waals surface area contributed by atoms with E-state index >= 15 is 0 Å². The number of carbonyl (C=O) groups is 1. The molecule has 0 radical (unpaired) electrons. The average molecular weight is 266 g/mol. The van der Waals surface area contributed by atoms with Gasteiger partial charge in [-0.3, -0.25) is 4.79 Å². The van der Waals surface area contributed by atoms with Crippen LogP contribution in [0.5, 0.6) is 0 Å². The molecule has 0 bridgehead atoms. The lowest BCUT2D eigenvalue weighted by atomic mass is 10.1. The van der Waals surface area contributed by atoms with Crippen molar-refractivity contribution in [2.75, 3.05) is 5.73 Å². The Labute approximate surface area is 118 Å². The van der Waals surface area contributed by atoms with Crippen molar-refractivity contribution in [1.82, 2.24) is 5.32 Å². The predicted octanol–water partition coefficient (Wildman–Crippen LogP) is 2.69. The van der Waals surface area contributed by atoms with Crippen molar-refractivity contribution >= 4 is 11.6 Å². The molecule has 1 aliphatic carbocycles. The molecule has 0 saturated heterocycles. The minimum atomic E-state index is 0.113. The fourth-order valence-corrected chi connectivity index (χ4v) is 2.56. The number of hydrogen-bond acceptors (Lipinski definition) is 2. The maximum absolute atomic E-state index is 12.1. The van der Waals surface area contributed by atoms with Gasteiger partial charge in [-0.25, -0.2) is 0 Å². The van der Waals surface area contributed by atoms with E-state index in [-0.39, 0.29) is 11.8 Å². The molecule has 3 heteroatoms. The van der Waals surface area contributed by atoms with E-state index in [0.717, 1.165) is 17.7 Å². The van der Waals surface area contributed by atoms with Gasteiger partial charge in [-0.1, -0.05) is 48.5 Å². The van der Waals surface area contributed by atoms with Crippen LogP contribution in [0, 0.1) is 5.92 Å². The number of hydrogen-bond donors (Lipinski definition) is 2. The number of carbonyl (C=O) groups excluding carboxylic acids is 1. The molecule has 2 aromatic rings. The molecule has 2 atom stereocenters. The van der Waals surface area contributed by atoms with Crippen molar-refractivity contribution in [3.63, 3.8) is 0 Å². The highest BCUT2D eigenvalue weighted by molar-refractivity contribution is 5.83. The maximum Gasteiger partial charge on any atom is 0.224 e. The third-order valence-corrected chi connectivity index (χ3v) is 3.86. The SMILES string of the molecule is Nc1ccccc1CNC(=O)C1CC1c1ccccc1. The summed E-state index contributed by atoms with van der Waals surface area (Å²) in [7, 11) is 0. The quantitative estimate of drug-likeness (QED) is 0.836. The van der Waals surface area contributed by atoms with Gasteiger partial charge in [-0.2, -0.15) is 0 Å². The molecular formula is C17H18N2O. The standard InChI is InChI=1S/C17H18N2O/c18-16-9-5-4-8-13(16)11-19-17(20)15-10-14(15)12-6-2-1-3-7-12/h1-9,14-15H,10-11,18H2,(H,19,20). The van der Waals surface area contributed by atoms with E-state index in [9.17, 15) is 4.79 Å². The molecule has 1 saturated carbocycles. The fraction of sp³-hybridized carbons (Fsp3) is 0.235. The Morgan fingerprint density at radius 3 is 2.55 bits per heavy atom. The highest BCUT2D eigenvalue weighted by atomic mass is 16.2. The summed E-state index contributed by atoms with van der Waals surface area (Å²) in [6.45, 7) is 0.503. The number of amides is 1. The van der Waals surface area contributed by atoms with Crippen LogP contribution in [-0.2, 0) is 11.3 Å². The third kappa shape index (κ3) is 2.67. The Bertz CT molecular complexity index is 609. The maximum atomic E-state index is 12.1. The minimum absolute atomic E-state index is 0.113. The second-order valence-electron chi connectivity index (χ2n) is 5.28. The van der Waals surface area contributed by atoms with Crippen molar-refractivity contribution in [1.29, 1.82) is 0 Å². The normalized spacial score (nSPS) is 20.4. The van der Waals surface area contributed by atoms with E-state index in [0.29, 0.717) is 12.5 Å². The fourth-order valence-electron chi connectivity index (χ4n) is 2.56. The van der Waals surface area contributed by atoms with E-state index in [1.54, 1.807) is 0 Å². The number of nitrogens with two attached hydrogens (primary N) is 1. The molecule has 2 aromatic carbocycles. The van der Waals surface area contributed by atoms with Crippen molar-refractivity contribution < 1.29 is 4.79 Å². The van der Waals surface area contributed by atoms with Crippen molar-refractivity contribution in [2.45, 2.75) is 18.9 Å². The Hall–Kier alpha value is -2.29. The van der Waals surface area contributed by atoms with Gasteiger partial charge in [-0.15, -0.1) is 0 Å². The number of nitrogen functional groups attached to an aromatic ring is 1. The number of para-hydroxylation sites is 1. The van der Waals surface area contributed by atoms with Crippen LogP contribution in [-0.4, -0.2) is 5.91 Å². The zero-order valence-corrected chi connectivity index (χ0v) is 11.3. The first-order valence-corrected chi connectivity index (χ1v) is 6.92. The van der Waals surface area contributed by atoms with Gasteiger partial charge in [0, 0.05) is 18.2 Å². The Balaban J connectivity index is 1.56. The van der Waals surface area contributed by atoms with E-state index < -0.39 is 0 Å². The summed E-state index contributed by atoms with van der Waals surface area (Å²) in [5.74, 6) is 0.619. The van der Waals surface area contributed by atoms with Crippen LogP contribution in [0.25, 0.3) is 0 Å². The average Bonchev–Trinajstić information content (AvgIpc) is 3.28. The third-order valence-electron chi connectivity index (χ3n) is 3.86. The van der Waals surface area contributed by atoms with Crippen LogP contribution < -0.4 is 11.1 Å². The number of anilines is 1. The molecule has 0 spiro atoms. The lowest BCUT2D eigenvalue weighted by Crippen LogP contribution is -2.25. The number of nitrogens with one attached hydrogen (secondary N) is 1. The molecule has 2 unspecified atom stereocenters. The second-order valence-corrected chi connectivity index (χ2v) is 5.28. The van der Waals surface area contributed by atoms with Gasteiger partial charge in [0.05, 0.1) is 0 Å². The molecule has 0 aromatic heterocycles. The summed E-state index contributed by atoms with van der Waals surface area (Å²) >= 11 is 0. The largest absolute Gasteiger partial charge is 0.398 e. The molecule has 3 N–H and O–H groups in total. The van der Waals surface area contributed by atoms with E-state index in [1.165, 1.54) is 5.56 Å². The molecule has 1 aliphatic rings.